The molecule has 0 aromatic carbocycles. The highest BCUT2D eigenvalue weighted by Crippen LogP contribution is 2.30. The van der Waals surface area contributed by atoms with Gasteiger partial charge in [0.1, 0.15) is 0 Å². The van der Waals surface area contributed by atoms with Crippen LogP contribution in [0.15, 0.2) is 24.5 Å². The van der Waals surface area contributed by atoms with Crippen LogP contribution in [0.5, 0.6) is 0 Å². The molecule has 3 heteroatoms. The number of nitrogens with two attached hydrogens (primary N) is 1. The van der Waals surface area contributed by atoms with E-state index in [1.807, 2.05) is 24.5 Å². The van der Waals surface area contributed by atoms with Gasteiger partial charge in [-0.05, 0) is 18.1 Å². The molecule has 0 radical (unpaired) electrons. The van der Waals surface area contributed by atoms with E-state index in [2.05, 4.69) is 23.7 Å². The predicted octanol–water partition coefficient (Wildman–Crippen LogP) is 1.26. The molecule has 2 rings (SSSR count). The lowest BCUT2D eigenvalue weighted by Crippen LogP contribution is -2.70. The summed E-state index contributed by atoms with van der Waals surface area (Å²) in [4.78, 5) is 6.29. The van der Waals surface area contributed by atoms with Gasteiger partial charge in [-0.25, -0.2) is 0 Å². The van der Waals surface area contributed by atoms with Crippen LogP contribution in [0.4, 0.5) is 5.69 Å². The average Bonchev–Trinajstić information content (AvgIpc) is 2.14. The molecule has 0 saturated carbocycles. The summed E-state index contributed by atoms with van der Waals surface area (Å²) in [5.41, 5.74) is 7.44. The molecule has 3 nitrogen and oxygen atoms in total. The van der Waals surface area contributed by atoms with Crippen LogP contribution in [0.25, 0.3) is 0 Å². The average molecular weight is 191 g/mol. The number of rotatable bonds is 2. The van der Waals surface area contributed by atoms with E-state index < -0.39 is 0 Å². The maximum absolute atomic E-state index is 6.22. The molecule has 14 heavy (non-hydrogen) atoms. The van der Waals surface area contributed by atoms with E-state index >= 15 is 0 Å². The Morgan fingerprint density at radius 1 is 1.36 bits per heavy atom. The molecule has 0 atom stereocenters. The zero-order chi connectivity index (χ0) is 10.2. The molecule has 0 spiro atoms. The zero-order valence-electron chi connectivity index (χ0n) is 8.77. The highest BCUT2D eigenvalue weighted by atomic mass is 15.3. The standard InChI is InChI=1S/C11H17N3/c1-9(2)11(12)7-14(8-11)10-3-5-13-6-4-10/h3-6,9H,7-8,12H2,1-2H3. The number of anilines is 1. The van der Waals surface area contributed by atoms with E-state index in [1.54, 1.807) is 0 Å². The van der Waals surface area contributed by atoms with Gasteiger partial charge in [0.25, 0.3) is 0 Å². The fraction of sp³-hybridized carbons (Fsp3) is 0.545. The lowest BCUT2D eigenvalue weighted by atomic mass is 9.80. The largest absolute Gasteiger partial charge is 0.368 e. The van der Waals surface area contributed by atoms with Gasteiger partial charge in [0.2, 0.25) is 0 Å². The van der Waals surface area contributed by atoms with Crippen molar-refractivity contribution < 1.29 is 0 Å². The molecule has 0 unspecified atom stereocenters. The number of aromatic nitrogens is 1. The summed E-state index contributed by atoms with van der Waals surface area (Å²) in [7, 11) is 0. The zero-order valence-corrected chi connectivity index (χ0v) is 8.77. The van der Waals surface area contributed by atoms with E-state index in [0.717, 1.165) is 13.1 Å². The summed E-state index contributed by atoms with van der Waals surface area (Å²) in [6, 6.07) is 4.06. The Hall–Kier alpha value is -1.09. The third kappa shape index (κ3) is 1.48. The van der Waals surface area contributed by atoms with Gasteiger partial charge < -0.3 is 10.6 Å². The van der Waals surface area contributed by atoms with E-state index in [-0.39, 0.29) is 5.54 Å². The van der Waals surface area contributed by atoms with Gasteiger partial charge in [0.05, 0.1) is 5.54 Å². The first-order valence-electron chi connectivity index (χ1n) is 5.06. The second kappa shape index (κ2) is 3.24. The second-order valence-corrected chi connectivity index (χ2v) is 4.45. The molecule has 76 valence electrons. The van der Waals surface area contributed by atoms with Gasteiger partial charge in [0, 0.05) is 31.2 Å². The van der Waals surface area contributed by atoms with E-state index in [9.17, 15) is 0 Å². The van der Waals surface area contributed by atoms with Crippen molar-refractivity contribution in [1.29, 1.82) is 0 Å². The van der Waals surface area contributed by atoms with E-state index in [4.69, 9.17) is 5.73 Å². The highest BCUT2D eigenvalue weighted by molar-refractivity contribution is 5.49. The SMILES string of the molecule is CC(C)C1(N)CN(c2ccncc2)C1. The van der Waals surface area contributed by atoms with Crippen LogP contribution in [0.3, 0.4) is 0 Å². The van der Waals surface area contributed by atoms with Crippen molar-refractivity contribution in [2.24, 2.45) is 11.7 Å². The van der Waals surface area contributed by atoms with E-state index in [1.165, 1.54) is 5.69 Å². The van der Waals surface area contributed by atoms with Gasteiger partial charge in [-0.15, -0.1) is 0 Å². The first kappa shape index (κ1) is 9.46. The number of hydrogen-bond donors (Lipinski definition) is 1. The molecule has 1 aromatic heterocycles. The number of nitrogens with zero attached hydrogens (tertiary/aromatic N) is 2. The molecule has 1 aromatic rings. The Bertz CT molecular complexity index is 302. The summed E-state index contributed by atoms with van der Waals surface area (Å²) in [5.74, 6) is 0.542. The topological polar surface area (TPSA) is 42.1 Å². The summed E-state index contributed by atoms with van der Waals surface area (Å²) >= 11 is 0. The van der Waals surface area contributed by atoms with Crippen LogP contribution in [-0.2, 0) is 0 Å². The van der Waals surface area contributed by atoms with Gasteiger partial charge in [-0.1, -0.05) is 13.8 Å². The van der Waals surface area contributed by atoms with Crippen LogP contribution in [0, 0.1) is 5.92 Å². The maximum atomic E-state index is 6.22. The Balaban J connectivity index is 2.02. The lowest BCUT2D eigenvalue weighted by Gasteiger charge is -2.51. The predicted molar refractivity (Wildman–Crippen MR) is 58.2 cm³/mol. The second-order valence-electron chi connectivity index (χ2n) is 4.45. The minimum Gasteiger partial charge on any atom is -0.368 e. The van der Waals surface area contributed by atoms with Crippen molar-refractivity contribution in [3.8, 4) is 0 Å². The van der Waals surface area contributed by atoms with Crippen LogP contribution in [0.2, 0.25) is 0 Å². The Kier molecular flexibility index (Phi) is 2.19. The molecule has 1 saturated heterocycles. The molecular weight excluding hydrogens is 174 g/mol. The lowest BCUT2D eigenvalue weighted by molar-refractivity contribution is 0.245. The molecule has 0 aliphatic carbocycles. The summed E-state index contributed by atoms with van der Waals surface area (Å²) < 4.78 is 0. The third-order valence-electron chi connectivity index (χ3n) is 3.15. The Morgan fingerprint density at radius 2 is 1.93 bits per heavy atom. The Morgan fingerprint density at radius 3 is 2.43 bits per heavy atom. The smallest absolute Gasteiger partial charge is 0.0533 e. The van der Waals surface area contributed by atoms with Crippen molar-refractivity contribution in [2.75, 3.05) is 18.0 Å². The first-order valence-corrected chi connectivity index (χ1v) is 5.06. The summed E-state index contributed by atoms with van der Waals surface area (Å²) in [6.07, 6.45) is 3.64. The summed E-state index contributed by atoms with van der Waals surface area (Å²) in [5, 5.41) is 0. The van der Waals surface area contributed by atoms with Gasteiger partial charge >= 0.3 is 0 Å². The summed E-state index contributed by atoms with van der Waals surface area (Å²) in [6.45, 7) is 6.27. The monoisotopic (exact) mass is 191 g/mol. The van der Waals surface area contributed by atoms with Crippen LogP contribution < -0.4 is 10.6 Å². The molecule has 0 amide bonds. The fourth-order valence-corrected chi connectivity index (χ4v) is 1.77. The fourth-order valence-electron chi connectivity index (χ4n) is 1.77. The van der Waals surface area contributed by atoms with Crippen molar-refractivity contribution in [1.82, 2.24) is 4.98 Å². The van der Waals surface area contributed by atoms with Gasteiger partial charge in [-0.2, -0.15) is 0 Å². The van der Waals surface area contributed by atoms with Crippen molar-refractivity contribution in [2.45, 2.75) is 19.4 Å². The van der Waals surface area contributed by atoms with E-state index in [0.29, 0.717) is 5.92 Å². The quantitative estimate of drug-likeness (QED) is 0.765. The molecule has 2 N–H and O–H groups in total. The number of hydrogen-bond acceptors (Lipinski definition) is 3. The highest BCUT2D eigenvalue weighted by Gasteiger charge is 2.41. The molecule has 0 bridgehead atoms. The number of pyridine rings is 1. The van der Waals surface area contributed by atoms with Crippen molar-refractivity contribution in [3.05, 3.63) is 24.5 Å². The van der Waals surface area contributed by atoms with Gasteiger partial charge in [-0.3, -0.25) is 4.98 Å². The molecule has 2 heterocycles. The minimum absolute atomic E-state index is 0.00324. The van der Waals surface area contributed by atoms with Crippen LogP contribution in [0.1, 0.15) is 13.8 Å². The van der Waals surface area contributed by atoms with Crippen LogP contribution in [-0.4, -0.2) is 23.6 Å². The van der Waals surface area contributed by atoms with Crippen molar-refractivity contribution >= 4 is 5.69 Å². The Labute approximate surface area is 84.9 Å². The molecule has 1 aliphatic heterocycles. The third-order valence-corrected chi connectivity index (χ3v) is 3.15. The van der Waals surface area contributed by atoms with Gasteiger partial charge in [0.15, 0.2) is 0 Å². The van der Waals surface area contributed by atoms with Crippen molar-refractivity contribution in [3.63, 3.8) is 0 Å². The minimum atomic E-state index is 0.00324. The molecule has 1 aliphatic rings. The van der Waals surface area contributed by atoms with Crippen LogP contribution >= 0.6 is 0 Å². The molecular formula is C11H17N3. The normalized spacial score (nSPS) is 19.6. The maximum Gasteiger partial charge on any atom is 0.0533 e. The first-order chi connectivity index (χ1) is 6.62. The molecule has 1 fully saturated rings.